The highest BCUT2D eigenvalue weighted by atomic mass is 16.5. The number of amides is 1. The molecule has 1 aliphatic carbocycles. The molecule has 164 valence electrons. The molecule has 0 heterocycles. The molecule has 0 aromatic heterocycles. The maximum Gasteiger partial charge on any atom is 0.407 e. The van der Waals surface area contributed by atoms with Gasteiger partial charge in [0.15, 0.2) is 0 Å². The van der Waals surface area contributed by atoms with Crippen LogP contribution in [-0.4, -0.2) is 19.3 Å². The highest BCUT2D eigenvalue weighted by molar-refractivity contribution is 5.68. The lowest BCUT2D eigenvalue weighted by atomic mass is 9.83. The summed E-state index contributed by atoms with van der Waals surface area (Å²) in [5, 5.41) is 2.85. The minimum absolute atomic E-state index is 0.132. The first-order chi connectivity index (χ1) is 14.0. The van der Waals surface area contributed by atoms with Crippen LogP contribution in [0.2, 0.25) is 0 Å². The van der Waals surface area contributed by atoms with E-state index in [4.69, 9.17) is 15.2 Å². The molecule has 1 aromatic rings. The van der Waals surface area contributed by atoms with E-state index in [0.29, 0.717) is 24.1 Å². The van der Waals surface area contributed by atoms with Gasteiger partial charge in [-0.05, 0) is 69.1 Å². The Morgan fingerprint density at radius 2 is 1.76 bits per heavy atom. The number of anilines is 1. The second-order valence-electron chi connectivity index (χ2n) is 6.93. The molecule has 0 aliphatic heterocycles. The maximum atomic E-state index is 12.0. The Hall–Kier alpha value is -2.43. The van der Waals surface area contributed by atoms with Crippen molar-refractivity contribution in [3.8, 4) is 0 Å². The summed E-state index contributed by atoms with van der Waals surface area (Å²) in [4.78, 5) is 12.0. The fraction of sp³-hybridized carbons (Fsp3) is 0.542. The zero-order chi connectivity index (χ0) is 22.1. The van der Waals surface area contributed by atoms with Crippen molar-refractivity contribution in [1.82, 2.24) is 5.32 Å². The fourth-order valence-electron chi connectivity index (χ4n) is 3.09. The number of carbonyl (C=O) groups excluding carboxylic acids is 1. The van der Waals surface area contributed by atoms with E-state index in [1.54, 1.807) is 6.08 Å². The van der Waals surface area contributed by atoms with Crippen LogP contribution in [-0.2, 0) is 9.47 Å². The third-order valence-corrected chi connectivity index (χ3v) is 4.61. The number of nitrogen functional groups attached to an aromatic ring is 1. The predicted octanol–water partition coefficient (Wildman–Crippen LogP) is 6.24. The molecule has 1 saturated carbocycles. The Morgan fingerprint density at radius 1 is 1.21 bits per heavy atom. The van der Waals surface area contributed by atoms with Crippen molar-refractivity contribution >= 4 is 11.8 Å². The molecule has 1 fully saturated rings. The van der Waals surface area contributed by atoms with Crippen molar-refractivity contribution in [2.75, 3.05) is 18.9 Å². The van der Waals surface area contributed by atoms with Crippen LogP contribution in [0, 0.1) is 11.8 Å². The zero-order valence-corrected chi connectivity index (χ0v) is 18.7. The lowest BCUT2D eigenvalue weighted by Gasteiger charge is -2.27. The fourth-order valence-corrected chi connectivity index (χ4v) is 3.09. The van der Waals surface area contributed by atoms with Gasteiger partial charge in [-0.25, -0.2) is 4.79 Å². The van der Waals surface area contributed by atoms with E-state index >= 15 is 0 Å². The molecule has 29 heavy (non-hydrogen) atoms. The van der Waals surface area contributed by atoms with Crippen molar-refractivity contribution in [3.05, 3.63) is 55.3 Å². The molecule has 1 aromatic carbocycles. The largest absolute Gasteiger partial charge is 0.502 e. The molecule has 5 nitrogen and oxygen atoms in total. The van der Waals surface area contributed by atoms with Crippen LogP contribution >= 0.6 is 0 Å². The van der Waals surface area contributed by atoms with Crippen molar-refractivity contribution in [1.29, 1.82) is 0 Å². The van der Waals surface area contributed by atoms with E-state index in [2.05, 4.69) is 18.5 Å². The third kappa shape index (κ3) is 11.9. The van der Waals surface area contributed by atoms with Crippen molar-refractivity contribution in [2.24, 2.45) is 11.8 Å². The van der Waals surface area contributed by atoms with E-state index in [-0.39, 0.29) is 12.1 Å². The van der Waals surface area contributed by atoms with Gasteiger partial charge in [0.05, 0.1) is 25.5 Å². The number of nitrogens with one attached hydrogen (secondary N) is 1. The van der Waals surface area contributed by atoms with Gasteiger partial charge in [-0.2, -0.15) is 0 Å². The number of rotatable bonds is 7. The summed E-state index contributed by atoms with van der Waals surface area (Å²) in [6.45, 7) is 16.0. The quantitative estimate of drug-likeness (QED) is 0.320. The Bertz CT molecular complexity index is 581. The van der Waals surface area contributed by atoms with Gasteiger partial charge in [-0.15, -0.1) is 6.58 Å². The van der Waals surface area contributed by atoms with E-state index < -0.39 is 0 Å². The van der Waals surface area contributed by atoms with E-state index in [1.165, 1.54) is 6.26 Å². The van der Waals surface area contributed by atoms with Gasteiger partial charge in [0.1, 0.15) is 0 Å². The Morgan fingerprint density at radius 3 is 2.28 bits per heavy atom. The van der Waals surface area contributed by atoms with Gasteiger partial charge in [-0.1, -0.05) is 38.6 Å². The maximum absolute atomic E-state index is 12.0. The normalized spacial score (nSPS) is 18.5. The van der Waals surface area contributed by atoms with E-state index in [1.807, 2.05) is 52.0 Å². The first-order valence-electron chi connectivity index (χ1n) is 10.6. The monoisotopic (exact) mass is 404 g/mol. The van der Waals surface area contributed by atoms with Crippen LogP contribution in [0.25, 0.3) is 0 Å². The lowest BCUT2D eigenvalue weighted by molar-refractivity contribution is 0.0934. The number of ether oxygens (including phenoxy) is 2. The summed E-state index contributed by atoms with van der Waals surface area (Å²) in [5.41, 5.74) is 7.42. The highest BCUT2D eigenvalue weighted by Gasteiger charge is 2.22. The van der Waals surface area contributed by atoms with Gasteiger partial charge in [0.25, 0.3) is 0 Å². The summed E-state index contributed by atoms with van der Waals surface area (Å²) in [6, 6.07) is 7.37. The standard InChI is InChI=1S/C19H28N2O3.C3H6.C2H6/c1-3-23-12-15-7-9-16(10-8-15)13-24-19(22)21-14(2)17-5-4-6-18(20)11-17;1-3-2;1-2/h3-6,11,14-16H,1,7-10,12-13,20H2,2H3,(H,21,22);3H,1H2,2H3;1-2H3. The summed E-state index contributed by atoms with van der Waals surface area (Å²) in [7, 11) is 0. The number of nitrogens with two attached hydrogens (primary N) is 1. The van der Waals surface area contributed by atoms with Gasteiger partial charge in [-0.3, -0.25) is 0 Å². The number of hydrogen-bond donors (Lipinski definition) is 2. The topological polar surface area (TPSA) is 73.6 Å². The molecular formula is C24H40N2O3. The van der Waals surface area contributed by atoms with Crippen LogP contribution < -0.4 is 11.1 Å². The number of alkyl carbamates (subject to hydrolysis) is 1. The molecule has 5 heteroatoms. The Kier molecular flexibility index (Phi) is 15.1. The van der Waals surface area contributed by atoms with Crippen molar-refractivity contribution < 1.29 is 14.3 Å². The number of allylic oxidation sites excluding steroid dienone is 1. The molecule has 1 aliphatic rings. The van der Waals surface area contributed by atoms with Gasteiger partial charge < -0.3 is 20.5 Å². The Balaban J connectivity index is 0.00000143. The average molecular weight is 405 g/mol. The smallest absolute Gasteiger partial charge is 0.407 e. The first-order valence-corrected chi connectivity index (χ1v) is 10.6. The van der Waals surface area contributed by atoms with E-state index in [9.17, 15) is 4.79 Å². The first kappa shape index (κ1) is 26.6. The lowest BCUT2D eigenvalue weighted by Crippen LogP contribution is -2.30. The molecule has 2 rings (SSSR count). The number of carbonyl (C=O) groups is 1. The van der Waals surface area contributed by atoms with Crippen LogP contribution in [0.3, 0.4) is 0 Å². The highest BCUT2D eigenvalue weighted by Crippen LogP contribution is 2.29. The summed E-state index contributed by atoms with van der Waals surface area (Å²) in [6.07, 6.45) is 7.25. The number of benzene rings is 1. The van der Waals surface area contributed by atoms with Crippen molar-refractivity contribution in [3.63, 3.8) is 0 Å². The van der Waals surface area contributed by atoms with Gasteiger partial charge in [0, 0.05) is 5.69 Å². The molecule has 0 spiro atoms. The molecule has 1 atom stereocenters. The molecular weight excluding hydrogens is 364 g/mol. The molecule has 0 saturated heterocycles. The van der Waals surface area contributed by atoms with Crippen LogP contribution in [0.15, 0.2) is 49.8 Å². The average Bonchev–Trinajstić information content (AvgIpc) is 2.73. The van der Waals surface area contributed by atoms with E-state index in [0.717, 1.165) is 37.9 Å². The SMILES string of the molecule is C=CC.C=COCC1CCC(COC(=O)NC(C)c2cccc(N)c2)CC1.CC. The summed E-state index contributed by atoms with van der Waals surface area (Å²) < 4.78 is 10.7. The van der Waals surface area contributed by atoms with Crippen LogP contribution in [0.5, 0.6) is 0 Å². The third-order valence-electron chi connectivity index (χ3n) is 4.61. The Labute approximate surface area is 177 Å². The van der Waals surface area contributed by atoms with Gasteiger partial charge in [0.2, 0.25) is 0 Å². The summed E-state index contributed by atoms with van der Waals surface area (Å²) in [5.74, 6) is 1.04. The molecule has 3 N–H and O–H groups in total. The minimum atomic E-state index is -0.373. The summed E-state index contributed by atoms with van der Waals surface area (Å²) >= 11 is 0. The molecule has 0 radical (unpaired) electrons. The molecule has 1 unspecified atom stereocenters. The predicted molar refractivity (Wildman–Crippen MR) is 123 cm³/mol. The molecule has 0 bridgehead atoms. The molecule has 1 amide bonds. The number of hydrogen-bond acceptors (Lipinski definition) is 4. The second kappa shape index (κ2) is 16.5. The van der Waals surface area contributed by atoms with Crippen molar-refractivity contribution in [2.45, 2.75) is 59.4 Å². The second-order valence-corrected chi connectivity index (χ2v) is 6.93. The van der Waals surface area contributed by atoms with Crippen LogP contribution in [0.1, 0.15) is 65.0 Å². The van der Waals surface area contributed by atoms with Gasteiger partial charge >= 0.3 is 6.09 Å². The van der Waals surface area contributed by atoms with Crippen LogP contribution in [0.4, 0.5) is 10.5 Å². The minimum Gasteiger partial charge on any atom is -0.502 e. The zero-order valence-electron chi connectivity index (χ0n) is 18.7.